The second kappa shape index (κ2) is 13.0. The molecule has 0 saturated carbocycles. The zero-order valence-electron chi connectivity index (χ0n) is 24.3. The van der Waals surface area contributed by atoms with Crippen molar-refractivity contribution in [1.82, 2.24) is 9.80 Å². The van der Waals surface area contributed by atoms with Gasteiger partial charge in [-0.1, -0.05) is 31.0 Å². The van der Waals surface area contributed by atoms with Crippen molar-refractivity contribution < 1.29 is 19.1 Å². The Kier molecular flexibility index (Phi) is 9.18. The third-order valence-corrected chi connectivity index (χ3v) is 9.02. The quantitative estimate of drug-likeness (QED) is 0.502. The van der Waals surface area contributed by atoms with Crippen LogP contribution >= 0.6 is 0 Å². The van der Waals surface area contributed by atoms with Crippen molar-refractivity contribution in [2.24, 2.45) is 5.41 Å². The number of likely N-dealkylation sites (N-methyl/N-ethyl adjacent to an activating group) is 1. The Morgan fingerprint density at radius 1 is 0.925 bits per heavy atom. The van der Waals surface area contributed by atoms with Gasteiger partial charge in [0.25, 0.3) is 5.91 Å². The topological polar surface area (TPSA) is 62.3 Å². The summed E-state index contributed by atoms with van der Waals surface area (Å²) in [5, 5.41) is 0. The maximum absolute atomic E-state index is 13.9. The van der Waals surface area contributed by atoms with Crippen LogP contribution in [0, 0.1) is 5.41 Å². The average Bonchev–Trinajstić information content (AvgIpc) is 3.52. The minimum atomic E-state index is -0.411. The molecule has 0 aromatic heterocycles. The van der Waals surface area contributed by atoms with Gasteiger partial charge >= 0.3 is 0 Å². The number of aryl methyl sites for hydroxylation is 1. The molecule has 3 aliphatic heterocycles. The number of para-hydroxylation sites is 1. The number of hydrogen-bond donors (Lipinski definition) is 0. The van der Waals surface area contributed by atoms with Gasteiger partial charge in [0.1, 0.15) is 18.1 Å². The Bertz CT molecular complexity index is 1170. The molecular weight excluding hydrogens is 502 g/mol. The summed E-state index contributed by atoms with van der Waals surface area (Å²) < 4.78 is 12.0. The number of rotatable bonds is 4. The summed E-state index contributed by atoms with van der Waals surface area (Å²) in [6.45, 7) is 6.84. The Balaban J connectivity index is 1.27. The number of ether oxygens (including phenoxy) is 2. The summed E-state index contributed by atoms with van der Waals surface area (Å²) in [6, 6.07) is 14.1. The van der Waals surface area contributed by atoms with Crippen molar-refractivity contribution in [3.8, 4) is 11.5 Å². The van der Waals surface area contributed by atoms with Crippen LogP contribution in [0.1, 0.15) is 74.2 Å². The van der Waals surface area contributed by atoms with Gasteiger partial charge < -0.3 is 24.2 Å². The summed E-state index contributed by atoms with van der Waals surface area (Å²) in [5.41, 5.74) is 2.57. The lowest BCUT2D eigenvalue weighted by atomic mass is 9.73. The van der Waals surface area contributed by atoms with Crippen LogP contribution in [-0.2, 0) is 11.2 Å². The minimum Gasteiger partial charge on any atom is -0.492 e. The monoisotopic (exact) mass is 547 g/mol. The molecule has 2 aromatic carbocycles. The van der Waals surface area contributed by atoms with E-state index in [0.717, 1.165) is 62.4 Å². The number of fused-ring (bicyclic) bond motifs is 1. The smallest absolute Gasteiger partial charge is 0.253 e. The lowest BCUT2D eigenvalue weighted by molar-refractivity contribution is -0.144. The van der Waals surface area contributed by atoms with Crippen molar-refractivity contribution in [3.05, 3.63) is 53.6 Å². The molecule has 0 aliphatic carbocycles. The standard InChI is InChI=1S/C33H45N3O4/c1-3-39-30-15-14-27(25-28(30)35-19-9-10-20-35)31(37)36-21-17-33(18-22-36)16-8-4-5-11-26-12-6-7-13-29(26)40-24-23-34(2)32(33)38/h6-7,12-15,25H,3-5,8-11,16-24H2,1-2H3. The normalized spacial score (nSPS) is 20.2. The SMILES string of the molecule is CCOc1ccc(C(=O)N2CCC3(CCCCCc4ccccc4OCCN(C)C3=O)CC2)cc1N1CCCC1. The second-order valence-electron chi connectivity index (χ2n) is 11.6. The van der Waals surface area contributed by atoms with E-state index in [9.17, 15) is 9.59 Å². The molecular formula is C33H45N3O4. The van der Waals surface area contributed by atoms with Crippen LogP contribution in [0.2, 0.25) is 0 Å². The van der Waals surface area contributed by atoms with Crippen LogP contribution in [0.3, 0.4) is 0 Å². The number of likely N-dealkylation sites (tertiary alicyclic amines) is 1. The van der Waals surface area contributed by atoms with E-state index >= 15 is 0 Å². The number of piperidine rings is 1. The van der Waals surface area contributed by atoms with Crippen LogP contribution < -0.4 is 14.4 Å². The number of hydrogen-bond acceptors (Lipinski definition) is 5. The van der Waals surface area contributed by atoms with Gasteiger partial charge in [0, 0.05) is 38.8 Å². The molecule has 3 aliphatic rings. The molecule has 7 nitrogen and oxygen atoms in total. The molecule has 2 amide bonds. The van der Waals surface area contributed by atoms with Crippen LogP contribution in [0.4, 0.5) is 5.69 Å². The third kappa shape index (κ3) is 6.24. The van der Waals surface area contributed by atoms with Crippen LogP contribution in [0.15, 0.2) is 42.5 Å². The van der Waals surface area contributed by atoms with Crippen LogP contribution in [0.25, 0.3) is 0 Å². The fourth-order valence-corrected chi connectivity index (χ4v) is 6.63. The first-order chi connectivity index (χ1) is 19.5. The van der Waals surface area contributed by atoms with E-state index in [1.54, 1.807) is 0 Å². The molecule has 0 atom stereocenters. The molecule has 40 heavy (non-hydrogen) atoms. The van der Waals surface area contributed by atoms with Gasteiger partial charge in [-0.3, -0.25) is 9.59 Å². The molecule has 3 heterocycles. The molecule has 2 saturated heterocycles. The van der Waals surface area contributed by atoms with Crippen molar-refractivity contribution in [2.45, 2.75) is 64.7 Å². The molecule has 216 valence electrons. The lowest BCUT2D eigenvalue weighted by Gasteiger charge is -2.42. The Labute approximate surface area is 239 Å². The average molecular weight is 548 g/mol. The summed E-state index contributed by atoms with van der Waals surface area (Å²) in [7, 11) is 1.90. The number of carbonyl (C=O) groups is 2. The Morgan fingerprint density at radius 3 is 2.48 bits per heavy atom. The fraction of sp³-hybridized carbons (Fsp3) is 0.576. The second-order valence-corrected chi connectivity index (χ2v) is 11.6. The van der Waals surface area contributed by atoms with Crippen molar-refractivity contribution in [1.29, 1.82) is 0 Å². The first-order valence-electron chi connectivity index (χ1n) is 15.3. The van der Waals surface area contributed by atoms with Gasteiger partial charge in [0.15, 0.2) is 0 Å². The van der Waals surface area contributed by atoms with Crippen molar-refractivity contribution >= 4 is 17.5 Å². The number of benzene rings is 2. The highest BCUT2D eigenvalue weighted by Gasteiger charge is 2.43. The first kappa shape index (κ1) is 28.3. The molecule has 0 radical (unpaired) electrons. The highest BCUT2D eigenvalue weighted by atomic mass is 16.5. The molecule has 0 unspecified atom stereocenters. The molecule has 5 rings (SSSR count). The summed E-state index contributed by atoms with van der Waals surface area (Å²) in [5.74, 6) is 2.04. The van der Waals surface area contributed by atoms with E-state index in [4.69, 9.17) is 9.47 Å². The number of nitrogens with zero attached hydrogens (tertiary/aromatic N) is 3. The van der Waals surface area contributed by atoms with Crippen LogP contribution in [0.5, 0.6) is 11.5 Å². The number of anilines is 1. The van der Waals surface area contributed by atoms with E-state index in [2.05, 4.69) is 17.0 Å². The van der Waals surface area contributed by atoms with E-state index in [1.807, 2.05) is 54.1 Å². The minimum absolute atomic E-state index is 0.0509. The maximum atomic E-state index is 13.9. The zero-order valence-corrected chi connectivity index (χ0v) is 24.3. The Morgan fingerprint density at radius 2 is 1.70 bits per heavy atom. The van der Waals surface area contributed by atoms with Gasteiger partial charge in [0.2, 0.25) is 5.91 Å². The summed E-state index contributed by atoms with van der Waals surface area (Å²) in [6.07, 6.45) is 8.81. The predicted molar refractivity (Wildman–Crippen MR) is 158 cm³/mol. The number of carbonyl (C=O) groups excluding carboxylic acids is 2. The van der Waals surface area contributed by atoms with Crippen molar-refractivity contribution in [3.63, 3.8) is 0 Å². The molecule has 2 aromatic rings. The summed E-state index contributed by atoms with van der Waals surface area (Å²) >= 11 is 0. The van der Waals surface area contributed by atoms with Gasteiger partial charge in [-0.15, -0.1) is 0 Å². The van der Waals surface area contributed by atoms with Crippen molar-refractivity contribution in [2.75, 3.05) is 57.9 Å². The lowest BCUT2D eigenvalue weighted by Crippen LogP contribution is -2.51. The van der Waals surface area contributed by atoms with E-state index in [1.165, 1.54) is 18.4 Å². The third-order valence-electron chi connectivity index (χ3n) is 9.02. The van der Waals surface area contributed by atoms with Gasteiger partial charge in [-0.05, 0) is 81.7 Å². The molecule has 2 fully saturated rings. The highest BCUT2D eigenvalue weighted by molar-refractivity contribution is 5.96. The largest absolute Gasteiger partial charge is 0.492 e. The van der Waals surface area contributed by atoms with Gasteiger partial charge in [-0.25, -0.2) is 0 Å². The maximum Gasteiger partial charge on any atom is 0.253 e. The fourth-order valence-electron chi connectivity index (χ4n) is 6.63. The van der Waals surface area contributed by atoms with Gasteiger partial charge in [-0.2, -0.15) is 0 Å². The van der Waals surface area contributed by atoms with E-state index in [-0.39, 0.29) is 11.8 Å². The predicted octanol–water partition coefficient (Wildman–Crippen LogP) is 5.56. The zero-order chi connectivity index (χ0) is 28.0. The molecule has 0 N–H and O–H groups in total. The van der Waals surface area contributed by atoms with Crippen LogP contribution in [-0.4, -0.2) is 74.6 Å². The molecule has 1 spiro atoms. The Hall–Kier alpha value is -3.22. The molecule has 0 bridgehead atoms. The van der Waals surface area contributed by atoms with E-state index < -0.39 is 5.41 Å². The number of amides is 2. The van der Waals surface area contributed by atoms with E-state index in [0.29, 0.717) is 51.3 Å². The summed E-state index contributed by atoms with van der Waals surface area (Å²) in [4.78, 5) is 33.6. The first-order valence-corrected chi connectivity index (χ1v) is 15.3. The highest BCUT2D eigenvalue weighted by Crippen LogP contribution is 2.40. The van der Waals surface area contributed by atoms with Gasteiger partial charge in [0.05, 0.1) is 24.3 Å². The molecule has 7 heteroatoms.